The van der Waals surface area contributed by atoms with Crippen LogP contribution in [0.1, 0.15) is 0 Å². The van der Waals surface area contributed by atoms with Crippen LogP contribution in [0.25, 0.3) is 11.5 Å². The highest BCUT2D eigenvalue weighted by Crippen LogP contribution is 2.31. The molecule has 0 aliphatic heterocycles. The molecule has 0 spiro atoms. The van der Waals surface area contributed by atoms with Crippen LogP contribution in [0.3, 0.4) is 0 Å². The molecule has 0 fully saturated rings. The summed E-state index contributed by atoms with van der Waals surface area (Å²) in [4.78, 5) is 14.2. The van der Waals surface area contributed by atoms with Gasteiger partial charge in [0.1, 0.15) is 11.8 Å². The summed E-state index contributed by atoms with van der Waals surface area (Å²) in [6.07, 6.45) is 2.82. The molecule has 2 rings (SSSR count). The van der Waals surface area contributed by atoms with Crippen molar-refractivity contribution in [3.8, 4) is 11.5 Å². The van der Waals surface area contributed by atoms with E-state index in [4.69, 9.17) is 4.42 Å². The molecule has 0 amide bonds. The zero-order valence-electron chi connectivity index (χ0n) is 7.38. The van der Waals surface area contributed by atoms with Gasteiger partial charge in [0.25, 0.3) is 5.69 Å². The maximum Gasteiger partial charge on any atom is 0.283 e. The summed E-state index contributed by atoms with van der Waals surface area (Å²) >= 11 is 3.17. The van der Waals surface area contributed by atoms with Crippen molar-refractivity contribution in [2.24, 2.45) is 0 Å². The van der Waals surface area contributed by atoms with E-state index in [0.717, 1.165) is 0 Å². The minimum Gasteiger partial charge on any atom is -0.444 e. The summed E-state index contributed by atoms with van der Waals surface area (Å²) in [5.41, 5.74) is 0.333. The third-order valence-corrected chi connectivity index (χ3v) is 2.31. The van der Waals surface area contributed by atoms with Gasteiger partial charge in [0.15, 0.2) is 0 Å². The largest absolute Gasteiger partial charge is 0.444 e. The van der Waals surface area contributed by atoms with Gasteiger partial charge < -0.3 is 4.42 Å². The van der Waals surface area contributed by atoms with Gasteiger partial charge in [-0.2, -0.15) is 0 Å². The minimum atomic E-state index is -0.468. The number of hydrogen-bond acceptors (Lipinski definition) is 4. The Hall–Kier alpha value is -1.69. The molecule has 0 radical (unpaired) electrons. The van der Waals surface area contributed by atoms with Gasteiger partial charge in [0, 0.05) is 10.5 Å². The third kappa shape index (κ3) is 1.89. The lowest BCUT2D eigenvalue weighted by Gasteiger charge is -1.98. The molecule has 6 heteroatoms. The SMILES string of the molecule is O=[N+]([O-])c1cc(Br)ccc1-c1ncco1. The van der Waals surface area contributed by atoms with Gasteiger partial charge in [-0.1, -0.05) is 15.9 Å². The van der Waals surface area contributed by atoms with Crippen LogP contribution in [0.5, 0.6) is 0 Å². The van der Waals surface area contributed by atoms with Gasteiger partial charge in [0.05, 0.1) is 11.1 Å². The molecule has 1 heterocycles. The first-order valence-corrected chi connectivity index (χ1v) is 4.81. The van der Waals surface area contributed by atoms with E-state index in [1.807, 2.05) is 0 Å². The maximum absolute atomic E-state index is 10.8. The number of halogens is 1. The Morgan fingerprint density at radius 1 is 1.47 bits per heavy atom. The highest BCUT2D eigenvalue weighted by molar-refractivity contribution is 9.10. The maximum atomic E-state index is 10.8. The Balaban J connectivity index is 2.61. The van der Waals surface area contributed by atoms with E-state index < -0.39 is 4.92 Å². The van der Waals surface area contributed by atoms with Crippen molar-refractivity contribution >= 4 is 21.6 Å². The van der Waals surface area contributed by atoms with Gasteiger partial charge in [-0.3, -0.25) is 10.1 Å². The molecule has 1 aromatic heterocycles. The Labute approximate surface area is 93.0 Å². The van der Waals surface area contributed by atoms with Gasteiger partial charge in [0.2, 0.25) is 5.89 Å². The predicted molar refractivity (Wildman–Crippen MR) is 56.3 cm³/mol. The fourth-order valence-electron chi connectivity index (χ4n) is 1.19. The summed E-state index contributed by atoms with van der Waals surface area (Å²) in [6, 6.07) is 4.71. The van der Waals surface area contributed by atoms with Crippen LogP contribution in [0, 0.1) is 10.1 Å². The Bertz CT molecular complexity index is 496. The van der Waals surface area contributed by atoms with Crippen LogP contribution >= 0.6 is 15.9 Å². The average Bonchev–Trinajstić information content (AvgIpc) is 2.70. The molecule has 15 heavy (non-hydrogen) atoms. The van der Waals surface area contributed by atoms with Crippen molar-refractivity contribution in [1.82, 2.24) is 4.98 Å². The van der Waals surface area contributed by atoms with Crippen LogP contribution in [0.2, 0.25) is 0 Å². The number of rotatable bonds is 2. The van der Waals surface area contributed by atoms with E-state index in [9.17, 15) is 10.1 Å². The normalized spacial score (nSPS) is 10.2. The number of aromatic nitrogens is 1. The van der Waals surface area contributed by atoms with Crippen LogP contribution in [0.4, 0.5) is 5.69 Å². The van der Waals surface area contributed by atoms with Crippen LogP contribution in [-0.2, 0) is 0 Å². The summed E-state index contributed by atoms with van der Waals surface area (Å²) in [7, 11) is 0. The molecule has 0 bridgehead atoms. The van der Waals surface area contributed by atoms with Gasteiger partial charge in [-0.05, 0) is 12.1 Å². The molecule has 1 aromatic carbocycles. The van der Waals surface area contributed by atoms with Crippen molar-refractivity contribution in [3.05, 3.63) is 45.2 Å². The molecule has 0 atom stereocenters. The van der Waals surface area contributed by atoms with Gasteiger partial charge in [-0.25, -0.2) is 4.98 Å². The standard InChI is InChI=1S/C9H5BrN2O3/c10-6-1-2-7(8(5-6)12(13)14)9-11-3-4-15-9/h1-5H. The number of nitro groups is 1. The Kier molecular flexibility index (Phi) is 2.51. The molecule has 5 nitrogen and oxygen atoms in total. The third-order valence-electron chi connectivity index (χ3n) is 1.82. The fourth-order valence-corrected chi connectivity index (χ4v) is 1.54. The molecule has 0 saturated carbocycles. The summed E-state index contributed by atoms with van der Waals surface area (Å²) in [5, 5.41) is 10.8. The molecular weight excluding hydrogens is 264 g/mol. The van der Waals surface area contributed by atoms with Crippen LogP contribution < -0.4 is 0 Å². The van der Waals surface area contributed by atoms with Crippen LogP contribution in [0.15, 0.2) is 39.5 Å². The zero-order valence-corrected chi connectivity index (χ0v) is 8.97. The highest BCUT2D eigenvalue weighted by Gasteiger charge is 2.18. The summed E-state index contributed by atoms with van der Waals surface area (Å²) in [5.74, 6) is 0.245. The second-order valence-corrected chi connectivity index (χ2v) is 3.67. The monoisotopic (exact) mass is 268 g/mol. The van der Waals surface area contributed by atoms with E-state index in [1.54, 1.807) is 12.1 Å². The van der Waals surface area contributed by atoms with Crippen molar-refractivity contribution in [1.29, 1.82) is 0 Å². The number of oxazole rings is 1. The lowest BCUT2D eigenvalue weighted by atomic mass is 10.2. The second kappa shape index (κ2) is 3.82. The quantitative estimate of drug-likeness (QED) is 0.620. The fraction of sp³-hybridized carbons (Fsp3) is 0. The smallest absolute Gasteiger partial charge is 0.283 e. The number of hydrogen-bond donors (Lipinski definition) is 0. The van der Waals surface area contributed by atoms with E-state index in [0.29, 0.717) is 10.0 Å². The van der Waals surface area contributed by atoms with E-state index in [-0.39, 0.29) is 11.6 Å². The average molecular weight is 269 g/mol. The zero-order chi connectivity index (χ0) is 10.8. The molecular formula is C9H5BrN2O3. The predicted octanol–water partition coefficient (Wildman–Crippen LogP) is 3.01. The van der Waals surface area contributed by atoms with Crippen molar-refractivity contribution < 1.29 is 9.34 Å². The molecule has 0 aliphatic carbocycles. The first-order chi connectivity index (χ1) is 7.18. The molecule has 76 valence electrons. The number of nitrogens with zero attached hydrogens (tertiary/aromatic N) is 2. The molecule has 0 N–H and O–H groups in total. The summed E-state index contributed by atoms with van der Waals surface area (Å²) < 4.78 is 5.66. The minimum absolute atomic E-state index is 0.0353. The van der Waals surface area contributed by atoms with Gasteiger partial charge >= 0.3 is 0 Å². The van der Waals surface area contributed by atoms with Crippen LogP contribution in [-0.4, -0.2) is 9.91 Å². The Morgan fingerprint density at radius 3 is 2.87 bits per heavy atom. The number of benzene rings is 1. The van der Waals surface area contributed by atoms with E-state index >= 15 is 0 Å². The van der Waals surface area contributed by atoms with Crippen molar-refractivity contribution in [2.45, 2.75) is 0 Å². The van der Waals surface area contributed by atoms with E-state index in [1.165, 1.54) is 18.5 Å². The summed E-state index contributed by atoms with van der Waals surface area (Å²) in [6.45, 7) is 0. The van der Waals surface area contributed by atoms with Crippen molar-refractivity contribution in [2.75, 3.05) is 0 Å². The lowest BCUT2D eigenvalue weighted by molar-refractivity contribution is -0.384. The molecule has 0 unspecified atom stereocenters. The molecule has 0 saturated heterocycles. The lowest BCUT2D eigenvalue weighted by Crippen LogP contribution is -1.91. The Morgan fingerprint density at radius 2 is 2.27 bits per heavy atom. The topological polar surface area (TPSA) is 69.2 Å². The molecule has 2 aromatic rings. The highest BCUT2D eigenvalue weighted by atomic mass is 79.9. The number of nitro benzene ring substituents is 1. The molecule has 0 aliphatic rings. The second-order valence-electron chi connectivity index (χ2n) is 2.76. The van der Waals surface area contributed by atoms with Crippen molar-refractivity contribution in [3.63, 3.8) is 0 Å². The van der Waals surface area contributed by atoms with E-state index in [2.05, 4.69) is 20.9 Å². The first kappa shape index (κ1) is 9.85. The van der Waals surface area contributed by atoms with Gasteiger partial charge in [-0.15, -0.1) is 0 Å². The first-order valence-electron chi connectivity index (χ1n) is 4.02.